The molecule has 0 aromatic heterocycles. The SMILES string of the molecule is Cc1c(C#CCO)cccc1C(=O)N(C)CCC#N. The van der Waals surface area contributed by atoms with Crippen molar-refractivity contribution in [3.8, 4) is 17.9 Å². The number of nitrogens with zero attached hydrogens (tertiary/aromatic N) is 2. The number of hydrogen-bond donors (Lipinski definition) is 1. The Morgan fingerprint density at radius 1 is 1.47 bits per heavy atom. The van der Waals surface area contributed by atoms with Crippen molar-refractivity contribution in [3.63, 3.8) is 0 Å². The Bertz CT molecular complexity index is 562. The van der Waals surface area contributed by atoms with Crippen LogP contribution < -0.4 is 0 Å². The van der Waals surface area contributed by atoms with E-state index in [1.165, 1.54) is 4.90 Å². The summed E-state index contributed by atoms with van der Waals surface area (Å²) in [6.45, 7) is 2.02. The Kier molecular flexibility index (Phi) is 5.60. The molecule has 1 aromatic carbocycles. The summed E-state index contributed by atoms with van der Waals surface area (Å²) in [5.41, 5.74) is 2.09. The lowest BCUT2D eigenvalue weighted by atomic mass is 10.0. The van der Waals surface area contributed by atoms with E-state index in [2.05, 4.69) is 11.8 Å². The van der Waals surface area contributed by atoms with Crippen LogP contribution in [0.2, 0.25) is 0 Å². The third kappa shape index (κ3) is 3.84. The molecule has 0 bridgehead atoms. The molecule has 0 radical (unpaired) electrons. The Balaban J connectivity index is 3.01. The van der Waals surface area contributed by atoms with E-state index in [0.29, 0.717) is 18.5 Å². The number of carbonyl (C=O) groups excluding carboxylic acids is 1. The van der Waals surface area contributed by atoms with Crippen molar-refractivity contribution in [2.24, 2.45) is 0 Å². The molecule has 4 heteroatoms. The Hall–Kier alpha value is -2.30. The monoisotopic (exact) mass is 256 g/mol. The Morgan fingerprint density at radius 3 is 2.84 bits per heavy atom. The summed E-state index contributed by atoms with van der Waals surface area (Å²) < 4.78 is 0. The van der Waals surface area contributed by atoms with Gasteiger partial charge in [0.1, 0.15) is 6.61 Å². The molecular formula is C15H16N2O2. The molecule has 1 aromatic rings. The molecule has 19 heavy (non-hydrogen) atoms. The number of amides is 1. The lowest BCUT2D eigenvalue weighted by molar-refractivity contribution is 0.0797. The van der Waals surface area contributed by atoms with E-state index in [9.17, 15) is 4.79 Å². The highest BCUT2D eigenvalue weighted by molar-refractivity contribution is 5.96. The smallest absolute Gasteiger partial charge is 0.253 e. The number of hydrogen-bond acceptors (Lipinski definition) is 3. The zero-order chi connectivity index (χ0) is 14.3. The van der Waals surface area contributed by atoms with E-state index in [0.717, 1.165) is 11.1 Å². The van der Waals surface area contributed by atoms with Crippen molar-refractivity contribution < 1.29 is 9.90 Å². The van der Waals surface area contributed by atoms with Crippen LogP contribution in [-0.2, 0) is 0 Å². The van der Waals surface area contributed by atoms with Crippen LogP contribution in [0.25, 0.3) is 0 Å². The summed E-state index contributed by atoms with van der Waals surface area (Å²) in [5, 5.41) is 17.2. The zero-order valence-corrected chi connectivity index (χ0v) is 11.1. The average molecular weight is 256 g/mol. The zero-order valence-electron chi connectivity index (χ0n) is 11.1. The van der Waals surface area contributed by atoms with Crippen LogP contribution in [0.15, 0.2) is 18.2 Å². The highest BCUT2D eigenvalue weighted by Gasteiger charge is 2.14. The number of benzene rings is 1. The van der Waals surface area contributed by atoms with Crippen LogP contribution in [0.4, 0.5) is 0 Å². The van der Waals surface area contributed by atoms with Crippen LogP contribution in [0.1, 0.15) is 27.9 Å². The minimum Gasteiger partial charge on any atom is -0.384 e. The van der Waals surface area contributed by atoms with Crippen LogP contribution in [0.3, 0.4) is 0 Å². The first-order valence-corrected chi connectivity index (χ1v) is 5.93. The molecule has 0 atom stereocenters. The van der Waals surface area contributed by atoms with Gasteiger partial charge in [0.05, 0.1) is 12.5 Å². The van der Waals surface area contributed by atoms with Gasteiger partial charge in [0, 0.05) is 24.7 Å². The maximum atomic E-state index is 12.2. The molecular weight excluding hydrogens is 240 g/mol. The van der Waals surface area contributed by atoms with Crippen molar-refractivity contribution in [2.45, 2.75) is 13.3 Å². The standard InChI is InChI=1S/C15H16N2O2/c1-12-13(7-4-11-18)6-3-8-14(12)15(19)17(2)10-5-9-16/h3,6,8,18H,5,10-11H2,1-2H3. The molecule has 0 spiro atoms. The first kappa shape index (κ1) is 14.8. The summed E-state index contributed by atoms with van der Waals surface area (Å²) in [7, 11) is 1.67. The molecule has 0 aliphatic carbocycles. The molecule has 0 fully saturated rings. The molecule has 0 aliphatic rings. The van der Waals surface area contributed by atoms with Gasteiger partial charge < -0.3 is 10.0 Å². The Labute approximate surface area is 113 Å². The summed E-state index contributed by atoms with van der Waals surface area (Å²) in [6, 6.07) is 7.33. The summed E-state index contributed by atoms with van der Waals surface area (Å²) in [5.74, 6) is 5.26. The molecule has 1 N–H and O–H groups in total. The number of carbonyl (C=O) groups is 1. The van der Waals surface area contributed by atoms with E-state index < -0.39 is 0 Å². The van der Waals surface area contributed by atoms with E-state index in [1.807, 2.05) is 19.1 Å². The number of nitriles is 1. The third-order valence-corrected chi connectivity index (χ3v) is 2.77. The minimum atomic E-state index is -0.209. The summed E-state index contributed by atoms with van der Waals surface area (Å²) in [6.07, 6.45) is 0.311. The molecule has 0 saturated heterocycles. The first-order chi connectivity index (χ1) is 9.11. The third-order valence-electron chi connectivity index (χ3n) is 2.77. The molecule has 0 heterocycles. The van der Waals surface area contributed by atoms with Crippen LogP contribution >= 0.6 is 0 Å². The normalized spacial score (nSPS) is 9.16. The van der Waals surface area contributed by atoms with Gasteiger partial charge >= 0.3 is 0 Å². The van der Waals surface area contributed by atoms with Crippen molar-refractivity contribution in [1.82, 2.24) is 4.90 Å². The molecule has 1 amide bonds. The summed E-state index contributed by atoms with van der Waals surface area (Å²) >= 11 is 0. The highest BCUT2D eigenvalue weighted by atomic mass is 16.2. The second kappa shape index (κ2) is 7.20. The minimum absolute atomic E-state index is 0.125. The van der Waals surface area contributed by atoms with Crippen LogP contribution in [0.5, 0.6) is 0 Å². The maximum absolute atomic E-state index is 12.2. The maximum Gasteiger partial charge on any atom is 0.253 e. The van der Waals surface area contributed by atoms with E-state index in [-0.39, 0.29) is 12.5 Å². The highest BCUT2D eigenvalue weighted by Crippen LogP contribution is 2.14. The Morgan fingerprint density at radius 2 is 2.21 bits per heavy atom. The predicted molar refractivity (Wildman–Crippen MR) is 72.3 cm³/mol. The first-order valence-electron chi connectivity index (χ1n) is 5.93. The van der Waals surface area contributed by atoms with E-state index >= 15 is 0 Å². The lowest BCUT2D eigenvalue weighted by Crippen LogP contribution is -2.28. The largest absolute Gasteiger partial charge is 0.384 e. The molecule has 4 nitrogen and oxygen atoms in total. The molecule has 0 unspecified atom stereocenters. The average Bonchev–Trinajstić information content (AvgIpc) is 2.43. The van der Waals surface area contributed by atoms with Crippen molar-refractivity contribution >= 4 is 5.91 Å². The van der Waals surface area contributed by atoms with Crippen LogP contribution in [0, 0.1) is 30.1 Å². The molecule has 0 saturated carbocycles. The second-order valence-corrected chi connectivity index (χ2v) is 4.07. The number of aliphatic hydroxyl groups is 1. The fourth-order valence-corrected chi connectivity index (χ4v) is 1.66. The molecule has 98 valence electrons. The number of aliphatic hydroxyl groups excluding tert-OH is 1. The van der Waals surface area contributed by atoms with Gasteiger partial charge in [0.25, 0.3) is 5.91 Å². The van der Waals surface area contributed by atoms with E-state index in [4.69, 9.17) is 10.4 Å². The fraction of sp³-hybridized carbons (Fsp3) is 0.333. The van der Waals surface area contributed by atoms with Gasteiger partial charge in [0.15, 0.2) is 0 Å². The van der Waals surface area contributed by atoms with Crippen molar-refractivity contribution in [3.05, 3.63) is 34.9 Å². The van der Waals surface area contributed by atoms with Gasteiger partial charge in [-0.25, -0.2) is 0 Å². The van der Waals surface area contributed by atoms with Gasteiger partial charge in [-0.2, -0.15) is 5.26 Å². The van der Waals surface area contributed by atoms with Gasteiger partial charge in [-0.3, -0.25) is 4.79 Å². The lowest BCUT2D eigenvalue weighted by Gasteiger charge is -2.17. The fourth-order valence-electron chi connectivity index (χ4n) is 1.66. The van der Waals surface area contributed by atoms with Crippen molar-refractivity contribution in [2.75, 3.05) is 20.2 Å². The molecule has 1 rings (SSSR count). The summed E-state index contributed by atoms with van der Waals surface area (Å²) in [4.78, 5) is 13.7. The predicted octanol–water partition coefficient (Wildman–Crippen LogP) is 1.32. The second-order valence-electron chi connectivity index (χ2n) is 4.07. The van der Waals surface area contributed by atoms with Crippen LogP contribution in [-0.4, -0.2) is 36.1 Å². The van der Waals surface area contributed by atoms with Gasteiger partial charge in [-0.1, -0.05) is 17.9 Å². The molecule has 0 aliphatic heterocycles. The van der Waals surface area contributed by atoms with Gasteiger partial charge in [-0.15, -0.1) is 0 Å². The van der Waals surface area contributed by atoms with Gasteiger partial charge in [-0.05, 0) is 24.6 Å². The topological polar surface area (TPSA) is 64.3 Å². The van der Waals surface area contributed by atoms with Crippen molar-refractivity contribution in [1.29, 1.82) is 5.26 Å². The van der Waals surface area contributed by atoms with Gasteiger partial charge in [0.2, 0.25) is 0 Å². The van der Waals surface area contributed by atoms with E-state index in [1.54, 1.807) is 19.2 Å². The quantitative estimate of drug-likeness (QED) is 0.830. The number of rotatable bonds is 3.